The van der Waals surface area contributed by atoms with Crippen LogP contribution in [-0.2, 0) is 6.54 Å². The van der Waals surface area contributed by atoms with Gasteiger partial charge in [-0.25, -0.2) is 4.98 Å². The summed E-state index contributed by atoms with van der Waals surface area (Å²) in [6, 6.07) is 13.5. The smallest absolute Gasteiger partial charge is 0.297 e. The van der Waals surface area contributed by atoms with Crippen LogP contribution in [0.25, 0.3) is 5.69 Å². The number of nitrogens with zero attached hydrogens (tertiary/aromatic N) is 2. The van der Waals surface area contributed by atoms with Crippen LogP contribution in [0.2, 0.25) is 0 Å². The first kappa shape index (κ1) is 17.2. The van der Waals surface area contributed by atoms with E-state index in [4.69, 9.17) is 4.74 Å². The fourth-order valence-electron chi connectivity index (χ4n) is 2.48. The number of methoxy groups -OCH3 is 1. The molecular weight excluding hydrogens is 382 g/mol. The first-order valence-electron chi connectivity index (χ1n) is 7.79. The lowest BCUT2D eigenvalue weighted by atomic mass is 10.2. The highest BCUT2D eigenvalue weighted by molar-refractivity contribution is 9.10. The Hall–Kier alpha value is -2.60. The molecule has 1 aromatic heterocycles. The molecule has 0 spiro atoms. The molecule has 25 heavy (non-hydrogen) atoms. The average Bonchev–Trinajstić information content (AvgIpc) is 2.63. The summed E-state index contributed by atoms with van der Waals surface area (Å²) in [5.41, 5.74) is 2.69. The van der Waals surface area contributed by atoms with E-state index < -0.39 is 0 Å². The molecule has 0 saturated heterocycles. The second kappa shape index (κ2) is 7.53. The molecular formula is C19H18BrN3O2. The molecule has 1 heterocycles. The minimum absolute atomic E-state index is 0.188. The Labute approximate surface area is 154 Å². The molecule has 0 bridgehead atoms. The predicted molar refractivity (Wildman–Crippen MR) is 103 cm³/mol. The van der Waals surface area contributed by atoms with E-state index in [9.17, 15) is 4.79 Å². The minimum atomic E-state index is -0.188. The van der Waals surface area contributed by atoms with Gasteiger partial charge in [-0.1, -0.05) is 28.1 Å². The molecule has 3 aromatic rings. The Morgan fingerprint density at radius 2 is 2.08 bits per heavy atom. The summed E-state index contributed by atoms with van der Waals surface area (Å²) < 4.78 is 7.81. The molecule has 0 unspecified atom stereocenters. The maximum atomic E-state index is 12.7. The highest BCUT2D eigenvalue weighted by Gasteiger charge is 2.07. The summed E-state index contributed by atoms with van der Waals surface area (Å²) in [6.07, 6.45) is 3.29. The lowest BCUT2D eigenvalue weighted by Crippen LogP contribution is -2.23. The lowest BCUT2D eigenvalue weighted by molar-refractivity contribution is 0.414. The topological polar surface area (TPSA) is 56.1 Å². The van der Waals surface area contributed by atoms with Crippen molar-refractivity contribution in [2.45, 2.75) is 13.5 Å². The fraction of sp³-hybridized carbons (Fsp3) is 0.158. The van der Waals surface area contributed by atoms with Gasteiger partial charge in [-0.2, -0.15) is 0 Å². The highest BCUT2D eigenvalue weighted by atomic mass is 79.9. The van der Waals surface area contributed by atoms with Crippen LogP contribution in [0.3, 0.4) is 0 Å². The SMILES string of the molecule is COc1cccc(CNc2nccn(-c3ccc(Br)c(C)c3)c2=O)c1. The van der Waals surface area contributed by atoms with E-state index in [0.29, 0.717) is 12.4 Å². The Kier molecular flexibility index (Phi) is 5.19. The Morgan fingerprint density at radius 1 is 1.24 bits per heavy atom. The molecule has 0 aliphatic rings. The first-order chi connectivity index (χ1) is 12.1. The third-order valence-electron chi connectivity index (χ3n) is 3.85. The number of benzene rings is 2. The second-order valence-electron chi connectivity index (χ2n) is 5.59. The molecule has 128 valence electrons. The molecule has 0 radical (unpaired) electrons. The van der Waals surface area contributed by atoms with Crippen molar-refractivity contribution >= 4 is 21.7 Å². The largest absolute Gasteiger partial charge is 0.497 e. The molecule has 0 fully saturated rings. The van der Waals surface area contributed by atoms with E-state index in [1.165, 1.54) is 0 Å². The molecule has 2 aromatic carbocycles. The van der Waals surface area contributed by atoms with Crippen LogP contribution in [0, 0.1) is 6.92 Å². The maximum absolute atomic E-state index is 12.7. The third-order valence-corrected chi connectivity index (χ3v) is 4.74. The highest BCUT2D eigenvalue weighted by Crippen LogP contribution is 2.19. The van der Waals surface area contributed by atoms with Crippen molar-refractivity contribution in [2.24, 2.45) is 0 Å². The van der Waals surface area contributed by atoms with E-state index in [1.54, 1.807) is 24.1 Å². The molecule has 0 saturated carbocycles. The van der Waals surface area contributed by atoms with Crippen LogP contribution >= 0.6 is 15.9 Å². The van der Waals surface area contributed by atoms with Gasteiger partial charge in [0.15, 0.2) is 5.82 Å². The zero-order chi connectivity index (χ0) is 17.8. The Balaban J connectivity index is 1.85. The van der Waals surface area contributed by atoms with Gasteiger partial charge in [0.2, 0.25) is 0 Å². The van der Waals surface area contributed by atoms with E-state index in [-0.39, 0.29) is 5.56 Å². The zero-order valence-electron chi connectivity index (χ0n) is 14.0. The van der Waals surface area contributed by atoms with Crippen molar-refractivity contribution in [3.8, 4) is 11.4 Å². The van der Waals surface area contributed by atoms with Crippen LogP contribution in [0.5, 0.6) is 5.75 Å². The predicted octanol–water partition coefficient (Wildman–Crippen LogP) is 3.92. The van der Waals surface area contributed by atoms with E-state index in [0.717, 1.165) is 27.0 Å². The second-order valence-corrected chi connectivity index (χ2v) is 6.44. The number of ether oxygens (including phenoxy) is 1. The van der Waals surface area contributed by atoms with Crippen LogP contribution < -0.4 is 15.6 Å². The van der Waals surface area contributed by atoms with Gasteiger partial charge < -0.3 is 10.1 Å². The Bertz CT molecular complexity index is 953. The molecule has 6 heteroatoms. The molecule has 0 aliphatic heterocycles. The van der Waals surface area contributed by atoms with Gasteiger partial charge in [-0.3, -0.25) is 9.36 Å². The monoisotopic (exact) mass is 399 g/mol. The van der Waals surface area contributed by atoms with Crippen LogP contribution in [0.4, 0.5) is 5.82 Å². The van der Waals surface area contributed by atoms with Gasteiger partial charge >= 0.3 is 0 Å². The van der Waals surface area contributed by atoms with E-state index in [2.05, 4.69) is 26.2 Å². The van der Waals surface area contributed by atoms with Gasteiger partial charge in [-0.15, -0.1) is 0 Å². The van der Waals surface area contributed by atoms with Crippen molar-refractivity contribution in [3.05, 3.63) is 80.8 Å². The number of hydrogen-bond acceptors (Lipinski definition) is 4. The molecule has 0 amide bonds. The van der Waals surface area contributed by atoms with Crippen molar-refractivity contribution < 1.29 is 4.74 Å². The van der Waals surface area contributed by atoms with Crippen molar-refractivity contribution in [1.29, 1.82) is 0 Å². The van der Waals surface area contributed by atoms with Gasteiger partial charge in [0, 0.05) is 29.1 Å². The number of hydrogen-bond donors (Lipinski definition) is 1. The summed E-state index contributed by atoms with van der Waals surface area (Å²) in [5, 5.41) is 3.11. The van der Waals surface area contributed by atoms with Crippen LogP contribution in [-0.4, -0.2) is 16.7 Å². The first-order valence-corrected chi connectivity index (χ1v) is 8.59. The summed E-state index contributed by atoms with van der Waals surface area (Å²) >= 11 is 3.48. The summed E-state index contributed by atoms with van der Waals surface area (Å²) in [5.74, 6) is 1.09. The van der Waals surface area contributed by atoms with Gasteiger partial charge in [-0.05, 0) is 48.4 Å². The van der Waals surface area contributed by atoms with Gasteiger partial charge in [0.25, 0.3) is 5.56 Å². The molecule has 3 rings (SSSR count). The zero-order valence-corrected chi connectivity index (χ0v) is 15.6. The molecule has 5 nitrogen and oxygen atoms in total. The molecule has 1 N–H and O–H groups in total. The summed E-state index contributed by atoms with van der Waals surface area (Å²) in [6.45, 7) is 2.48. The molecule has 0 atom stereocenters. The van der Waals surface area contributed by atoms with Crippen molar-refractivity contribution in [1.82, 2.24) is 9.55 Å². The number of anilines is 1. The number of nitrogens with one attached hydrogen (secondary N) is 1. The van der Waals surface area contributed by atoms with Crippen LogP contribution in [0.1, 0.15) is 11.1 Å². The number of aryl methyl sites for hydroxylation is 1. The van der Waals surface area contributed by atoms with E-state index in [1.807, 2.05) is 49.4 Å². The van der Waals surface area contributed by atoms with Gasteiger partial charge in [0.05, 0.1) is 7.11 Å². The maximum Gasteiger partial charge on any atom is 0.297 e. The van der Waals surface area contributed by atoms with Crippen molar-refractivity contribution in [3.63, 3.8) is 0 Å². The Morgan fingerprint density at radius 3 is 2.84 bits per heavy atom. The number of aromatic nitrogens is 2. The van der Waals surface area contributed by atoms with Crippen molar-refractivity contribution in [2.75, 3.05) is 12.4 Å². The normalized spacial score (nSPS) is 10.5. The standard InChI is InChI=1S/C19H18BrN3O2/c1-13-10-15(6-7-17(13)20)23-9-8-21-18(19(23)24)22-12-14-4-3-5-16(11-14)25-2/h3-11H,12H2,1-2H3,(H,21,22). The quantitative estimate of drug-likeness (QED) is 0.706. The summed E-state index contributed by atoms with van der Waals surface area (Å²) in [4.78, 5) is 16.9. The van der Waals surface area contributed by atoms with E-state index >= 15 is 0 Å². The average molecular weight is 400 g/mol. The third kappa shape index (κ3) is 3.91. The number of halogens is 1. The fourth-order valence-corrected chi connectivity index (χ4v) is 2.73. The van der Waals surface area contributed by atoms with Gasteiger partial charge in [0.1, 0.15) is 5.75 Å². The molecule has 0 aliphatic carbocycles. The van der Waals surface area contributed by atoms with Crippen LogP contribution in [0.15, 0.2) is 64.1 Å². The minimum Gasteiger partial charge on any atom is -0.497 e. The lowest BCUT2D eigenvalue weighted by Gasteiger charge is -2.11. The summed E-state index contributed by atoms with van der Waals surface area (Å²) in [7, 11) is 1.63. The number of rotatable bonds is 5.